The van der Waals surface area contributed by atoms with Crippen molar-refractivity contribution in [3.05, 3.63) is 40.2 Å². The summed E-state index contributed by atoms with van der Waals surface area (Å²) in [5.74, 6) is -0.297. The van der Waals surface area contributed by atoms with Gasteiger partial charge in [-0.1, -0.05) is 6.07 Å². The van der Waals surface area contributed by atoms with Crippen molar-refractivity contribution in [1.29, 1.82) is 0 Å². The first-order valence-electron chi connectivity index (χ1n) is 3.89. The number of fused-ring (bicyclic) bond motifs is 1. The molecule has 0 saturated carbocycles. The van der Waals surface area contributed by atoms with E-state index in [2.05, 4.69) is 20.9 Å². The molecular formula is C10H7BrFN. The lowest BCUT2D eigenvalue weighted by Gasteiger charge is -2.02. The first-order chi connectivity index (χ1) is 6.18. The number of benzene rings is 1. The van der Waals surface area contributed by atoms with Crippen LogP contribution in [0.2, 0.25) is 0 Å². The van der Waals surface area contributed by atoms with E-state index in [-0.39, 0.29) is 5.82 Å². The van der Waals surface area contributed by atoms with Crippen LogP contribution in [-0.2, 0) is 0 Å². The van der Waals surface area contributed by atoms with Gasteiger partial charge < -0.3 is 0 Å². The molecule has 0 radical (unpaired) electrons. The topological polar surface area (TPSA) is 12.9 Å². The van der Waals surface area contributed by atoms with Crippen LogP contribution in [0.1, 0.15) is 5.56 Å². The number of halogens is 2. The molecule has 0 aliphatic heterocycles. The first-order valence-corrected chi connectivity index (χ1v) is 4.68. The van der Waals surface area contributed by atoms with E-state index in [0.29, 0.717) is 0 Å². The zero-order valence-corrected chi connectivity index (χ0v) is 8.60. The fraction of sp³-hybridized carbons (Fsp3) is 0.100. The number of hydrogen-bond donors (Lipinski definition) is 0. The van der Waals surface area contributed by atoms with E-state index in [1.54, 1.807) is 0 Å². The van der Waals surface area contributed by atoms with Crippen molar-refractivity contribution in [2.75, 3.05) is 0 Å². The first kappa shape index (κ1) is 8.63. The van der Waals surface area contributed by atoms with Gasteiger partial charge in [0.2, 0.25) is 0 Å². The minimum atomic E-state index is -0.297. The van der Waals surface area contributed by atoms with Crippen molar-refractivity contribution in [3.8, 4) is 0 Å². The van der Waals surface area contributed by atoms with E-state index in [1.807, 2.05) is 19.1 Å². The summed E-state index contributed by atoms with van der Waals surface area (Å²) in [4.78, 5) is 4.02. The Morgan fingerprint density at radius 2 is 2.15 bits per heavy atom. The Morgan fingerprint density at radius 1 is 1.38 bits per heavy atom. The van der Waals surface area contributed by atoms with E-state index in [0.717, 1.165) is 20.9 Å². The van der Waals surface area contributed by atoms with Crippen LogP contribution < -0.4 is 0 Å². The van der Waals surface area contributed by atoms with Crippen LogP contribution in [0.15, 0.2) is 28.9 Å². The van der Waals surface area contributed by atoms with Crippen LogP contribution in [-0.4, -0.2) is 4.98 Å². The second-order valence-corrected chi connectivity index (χ2v) is 3.77. The van der Waals surface area contributed by atoms with Gasteiger partial charge in [-0.25, -0.2) is 4.39 Å². The predicted molar refractivity (Wildman–Crippen MR) is 54.1 cm³/mol. The molecule has 13 heavy (non-hydrogen) atoms. The van der Waals surface area contributed by atoms with Crippen LogP contribution in [0, 0.1) is 12.7 Å². The standard InChI is InChI=1S/C10H7BrFN/c1-6-2-3-9(11)10-8(6)4-7(12)5-13-10/h2-5H,1H3. The summed E-state index contributed by atoms with van der Waals surface area (Å²) in [6.45, 7) is 1.94. The lowest BCUT2D eigenvalue weighted by Crippen LogP contribution is -1.85. The molecule has 0 aliphatic rings. The molecule has 66 valence electrons. The van der Waals surface area contributed by atoms with Gasteiger partial charge in [0.05, 0.1) is 11.7 Å². The number of aryl methyl sites for hydroxylation is 1. The molecule has 0 unspecified atom stereocenters. The summed E-state index contributed by atoms with van der Waals surface area (Å²) in [5.41, 5.74) is 1.84. The zero-order chi connectivity index (χ0) is 9.42. The molecule has 0 N–H and O–H groups in total. The molecule has 0 fully saturated rings. The molecule has 0 amide bonds. The Labute approximate surface area is 83.7 Å². The van der Waals surface area contributed by atoms with Crippen LogP contribution in [0.3, 0.4) is 0 Å². The molecule has 0 bridgehead atoms. The molecule has 0 atom stereocenters. The van der Waals surface area contributed by atoms with Gasteiger partial charge in [0, 0.05) is 9.86 Å². The summed E-state index contributed by atoms with van der Waals surface area (Å²) in [7, 11) is 0. The number of rotatable bonds is 0. The summed E-state index contributed by atoms with van der Waals surface area (Å²) < 4.78 is 13.8. The van der Waals surface area contributed by atoms with E-state index >= 15 is 0 Å². The lowest BCUT2D eigenvalue weighted by molar-refractivity contribution is 0.624. The maximum Gasteiger partial charge on any atom is 0.142 e. The predicted octanol–water partition coefficient (Wildman–Crippen LogP) is 3.44. The van der Waals surface area contributed by atoms with Crippen molar-refractivity contribution in [1.82, 2.24) is 4.98 Å². The van der Waals surface area contributed by atoms with Crippen LogP contribution >= 0.6 is 15.9 Å². The molecule has 2 aromatic rings. The summed E-state index contributed by atoms with van der Waals surface area (Å²) >= 11 is 3.37. The molecule has 0 aliphatic carbocycles. The molecule has 1 aromatic carbocycles. The zero-order valence-electron chi connectivity index (χ0n) is 7.01. The van der Waals surface area contributed by atoms with E-state index in [1.165, 1.54) is 12.3 Å². The molecule has 1 heterocycles. The molecule has 2 rings (SSSR count). The van der Waals surface area contributed by atoms with E-state index < -0.39 is 0 Å². The quantitative estimate of drug-likeness (QED) is 0.687. The van der Waals surface area contributed by atoms with Crippen LogP contribution in [0.4, 0.5) is 4.39 Å². The Bertz CT molecular complexity index is 468. The van der Waals surface area contributed by atoms with Gasteiger partial charge in [-0.3, -0.25) is 4.98 Å². The van der Waals surface area contributed by atoms with Crippen LogP contribution in [0.25, 0.3) is 10.9 Å². The maximum absolute atomic E-state index is 12.9. The molecule has 0 spiro atoms. The van der Waals surface area contributed by atoms with Crippen molar-refractivity contribution in [2.24, 2.45) is 0 Å². The van der Waals surface area contributed by atoms with Gasteiger partial charge in [0.1, 0.15) is 5.82 Å². The second kappa shape index (κ2) is 3.07. The molecular weight excluding hydrogens is 233 g/mol. The fourth-order valence-electron chi connectivity index (χ4n) is 1.30. The van der Waals surface area contributed by atoms with E-state index in [4.69, 9.17) is 0 Å². The highest BCUT2D eigenvalue weighted by atomic mass is 79.9. The minimum absolute atomic E-state index is 0.297. The van der Waals surface area contributed by atoms with Crippen molar-refractivity contribution in [3.63, 3.8) is 0 Å². The SMILES string of the molecule is Cc1ccc(Br)c2ncc(F)cc12. The maximum atomic E-state index is 12.9. The highest BCUT2D eigenvalue weighted by molar-refractivity contribution is 9.10. The summed E-state index contributed by atoms with van der Waals surface area (Å²) in [5, 5.41) is 0.856. The second-order valence-electron chi connectivity index (χ2n) is 2.91. The van der Waals surface area contributed by atoms with Gasteiger partial charge in [-0.15, -0.1) is 0 Å². The van der Waals surface area contributed by atoms with E-state index in [9.17, 15) is 4.39 Å². The smallest absolute Gasteiger partial charge is 0.142 e. The van der Waals surface area contributed by atoms with Gasteiger partial charge >= 0.3 is 0 Å². The molecule has 1 nitrogen and oxygen atoms in total. The fourth-order valence-corrected chi connectivity index (χ4v) is 1.75. The number of aromatic nitrogens is 1. The molecule has 1 aromatic heterocycles. The minimum Gasteiger partial charge on any atom is -0.252 e. The van der Waals surface area contributed by atoms with Gasteiger partial charge in [0.25, 0.3) is 0 Å². The number of pyridine rings is 1. The third kappa shape index (κ3) is 1.44. The highest BCUT2D eigenvalue weighted by Crippen LogP contribution is 2.24. The van der Waals surface area contributed by atoms with Gasteiger partial charge in [-0.05, 0) is 40.5 Å². The average Bonchev–Trinajstić information content (AvgIpc) is 2.12. The van der Waals surface area contributed by atoms with Gasteiger partial charge in [0.15, 0.2) is 0 Å². The van der Waals surface area contributed by atoms with Gasteiger partial charge in [-0.2, -0.15) is 0 Å². The summed E-state index contributed by atoms with van der Waals surface area (Å²) in [6, 6.07) is 5.36. The van der Waals surface area contributed by atoms with Crippen molar-refractivity contribution >= 4 is 26.8 Å². The largest absolute Gasteiger partial charge is 0.252 e. The monoisotopic (exact) mass is 239 g/mol. The summed E-state index contributed by atoms with van der Waals surface area (Å²) in [6.07, 6.45) is 1.23. The molecule has 3 heteroatoms. The Kier molecular flexibility index (Phi) is 2.04. The normalized spacial score (nSPS) is 10.7. The average molecular weight is 240 g/mol. The van der Waals surface area contributed by atoms with Crippen molar-refractivity contribution in [2.45, 2.75) is 6.92 Å². The number of nitrogens with zero attached hydrogens (tertiary/aromatic N) is 1. The molecule has 0 saturated heterocycles. The Balaban J connectivity index is 2.92. The van der Waals surface area contributed by atoms with Crippen LogP contribution in [0.5, 0.6) is 0 Å². The highest BCUT2D eigenvalue weighted by Gasteiger charge is 2.03. The Morgan fingerprint density at radius 3 is 2.92 bits per heavy atom. The van der Waals surface area contributed by atoms with Crippen molar-refractivity contribution < 1.29 is 4.39 Å². The third-order valence-corrected chi connectivity index (χ3v) is 2.62. The Hall–Kier alpha value is -0.960. The third-order valence-electron chi connectivity index (χ3n) is 1.99. The number of hydrogen-bond acceptors (Lipinski definition) is 1. The lowest BCUT2D eigenvalue weighted by atomic mass is 10.1.